The van der Waals surface area contributed by atoms with E-state index in [-0.39, 0.29) is 12.3 Å². The Kier molecular flexibility index (Phi) is 9.02. The van der Waals surface area contributed by atoms with Crippen molar-refractivity contribution in [2.24, 2.45) is 5.73 Å². The first-order chi connectivity index (χ1) is 16.4. The van der Waals surface area contributed by atoms with Crippen LogP contribution in [0.15, 0.2) is 53.1 Å². The van der Waals surface area contributed by atoms with Crippen molar-refractivity contribution in [1.82, 2.24) is 20.8 Å². The fourth-order valence-corrected chi connectivity index (χ4v) is 3.59. The van der Waals surface area contributed by atoms with Gasteiger partial charge in [-0.05, 0) is 49.6 Å². The van der Waals surface area contributed by atoms with Gasteiger partial charge >= 0.3 is 6.03 Å². The molecule has 0 saturated carbocycles. The largest absolute Gasteiger partial charge is 0.497 e. The Morgan fingerprint density at radius 1 is 1.12 bits per heavy atom. The molecule has 1 aromatic heterocycles. The van der Waals surface area contributed by atoms with Gasteiger partial charge in [0, 0.05) is 18.5 Å². The van der Waals surface area contributed by atoms with Crippen molar-refractivity contribution in [2.45, 2.75) is 45.1 Å². The molecular weight excluding hydrogens is 434 g/mol. The SMILES string of the molecule is COc1ccc(-c2noc(CCCCCNC(=O)C[C@@H](NC(N)=O)c3cccc(C)c3)n2)cc1. The van der Waals surface area contributed by atoms with E-state index in [4.69, 9.17) is 15.0 Å². The van der Waals surface area contributed by atoms with Crippen molar-refractivity contribution >= 4 is 11.9 Å². The van der Waals surface area contributed by atoms with Crippen LogP contribution in [0.4, 0.5) is 4.79 Å². The van der Waals surface area contributed by atoms with Gasteiger partial charge in [0.05, 0.1) is 19.6 Å². The zero-order chi connectivity index (χ0) is 24.3. The Morgan fingerprint density at radius 2 is 1.91 bits per heavy atom. The highest BCUT2D eigenvalue weighted by Gasteiger charge is 2.17. The molecule has 3 rings (SSSR count). The van der Waals surface area contributed by atoms with E-state index in [9.17, 15) is 9.59 Å². The molecule has 34 heavy (non-hydrogen) atoms. The highest BCUT2D eigenvalue weighted by atomic mass is 16.5. The van der Waals surface area contributed by atoms with Gasteiger partial charge in [-0.2, -0.15) is 4.98 Å². The number of methoxy groups -OCH3 is 1. The summed E-state index contributed by atoms with van der Waals surface area (Å²) in [5.41, 5.74) is 8.06. The third-order valence-corrected chi connectivity index (χ3v) is 5.36. The van der Waals surface area contributed by atoms with E-state index < -0.39 is 12.1 Å². The maximum absolute atomic E-state index is 12.4. The van der Waals surface area contributed by atoms with Crippen LogP contribution >= 0.6 is 0 Å². The minimum Gasteiger partial charge on any atom is -0.497 e. The molecule has 0 radical (unpaired) electrons. The first kappa shape index (κ1) is 24.8. The van der Waals surface area contributed by atoms with Gasteiger partial charge in [0.1, 0.15) is 5.75 Å². The number of amides is 3. The van der Waals surface area contributed by atoms with Crippen LogP contribution in [0.3, 0.4) is 0 Å². The van der Waals surface area contributed by atoms with E-state index in [1.807, 2.05) is 55.5 Å². The molecule has 4 N–H and O–H groups in total. The number of unbranched alkanes of at least 4 members (excludes halogenated alkanes) is 2. The monoisotopic (exact) mass is 465 g/mol. The molecular formula is C25H31N5O4. The van der Waals surface area contributed by atoms with Crippen LogP contribution in [-0.4, -0.2) is 35.7 Å². The summed E-state index contributed by atoms with van der Waals surface area (Å²) in [6.07, 6.45) is 3.40. The number of benzene rings is 2. The maximum atomic E-state index is 12.4. The lowest BCUT2D eigenvalue weighted by atomic mass is 10.0. The van der Waals surface area contributed by atoms with Crippen LogP contribution in [0.25, 0.3) is 11.4 Å². The standard InChI is InChI=1S/C25H31N5O4/c1-17-7-6-8-19(15-17)21(28-25(26)32)16-22(31)27-14-5-3-4-9-23-29-24(30-34-23)18-10-12-20(33-2)13-11-18/h6-8,10-13,15,21H,3-5,9,14,16H2,1-2H3,(H,27,31)(H3,26,28,32)/t21-/m1/s1. The van der Waals surface area contributed by atoms with Crippen molar-refractivity contribution < 1.29 is 18.8 Å². The van der Waals surface area contributed by atoms with Crippen LogP contribution in [0.2, 0.25) is 0 Å². The van der Waals surface area contributed by atoms with E-state index in [2.05, 4.69) is 20.8 Å². The molecule has 0 saturated heterocycles. The summed E-state index contributed by atoms with van der Waals surface area (Å²) in [7, 11) is 1.62. The molecule has 9 heteroatoms. The second-order valence-corrected chi connectivity index (χ2v) is 8.08. The quantitative estimate of drug-likeness (QED) is 0.350. The first-order valence-corrected chi connectivity index (χ1v) is 11.3. The number of carbonyl (C=O) groups excluding carboxylic acids is 2. The van der Waals surface area contributed by atoms with E-state index in [1.54, 1.807) is 7.11 Å². The number of carbonyl (C=O) groups is 2. The second kappa shape index (κ2) is 12.4. The fourth-order valence-electron chi connectivity index (χ4n) is 3.59. The molecule has 3 aromatic rings. The van der Waals surface area contributed by atoms with Crippen molar-refractivity contribution in [2.75, 3.05) is 13.7 Å². The molecule has 3 amide bonds. The molecule has 0 spiro atoms. The summed E-state index contributed by atoms with van der Waals surface area (Å²) in [6.45, 7) is 2.51. The van der Waals surface area contributed by atoms with Crippen molar-refractivity contribution in [3.63, 3.8) is 0 Å². The summed E-state index contributed by atoms with van der Waals surface area (Å²) in [5.74, 6) is 1.78. The van der Waals surface area contributed by atoms with Gasteiger partial charge in [-0.25, -0.2) is 4.79 Å². The molecule has 0 aliphatic heterocycles. The van der Waals surface area contributed by atoms with Gasteiger partial charge in [0.25, 0.3) is 0 Å². The molecule has 0 unspecified atom stereocenters. The lowest BCUT2D eigenvalue weighted by Crippen LogP contribution is -2.36. The lowest BCUT2D eigenvalue weighted by Gasteiger charge is -2.18. The third kappa shape index (κ3) is 7.61. The number of hydrogen-bond acceptors (Lipinski definition) is 6. The van der Waals surface area contributed by atoms with Crippen LogP contribution in [0.1, 0.15) is 48.7 Å². The second-order valence-electron chi connectivity index (χ2n) is 8.08. The number of hydrogen-bond donors (Lipinski definition) is 3. The first-order valence-electron chi connectivity index (χ1n) is 11.3. The van der Waals surface area contributed by atoms with Crippen molar-refractivity contribution in [3.05, 3.63) is 65.5 Å². The van der Waals surface area contributed by atoms with Crippen LogP contribution < -0.4 is 21.1 Å². The molecule has 0 bridgehead atoms. The van der Waals surface area contributed by atoms with E-state index in [0.717, 1.165) is 41.7 Å². The molecule has 1 atom stereocenters. The van der Waals surface area contributed by atoms with Gasteiger partial charge in [-0.1, -0.05) is 41.4 Å². The Bertz CT molecular complexity index is 1080. The highest BCUT2D eigenvalue weighted by Crippen LogP contribution is 2.20. The van der Waals surface area contributed by atoms with Gasteiger partial charge < -0.3 is 25.6 Å². The third-order valence-electron chi connectivity index (χ3n) is 5.36. The lowest BCUT2D eigenvalue weighted by molar-refractivity contribution is -0.121. The van der Waals surface area contributed by atoms with Crippen LogP contribution in [-0.2, 0) is 11.2 Å². The molecule has 9 nitrogen and oxygen atoms in total. The summed E-state index contributed by atoms with van der Waals surface area (Å²) >= 11 is 0. The Labute approximate surface area is 199 Å². The number of aryl methyl sites for hydroxylation is 2. The van der Waals surface area contributed by atoms with Crippen molar-refractivity contribution in [3.8, 4) is 17.1 Å². The van der Waals surface area contributed by atoms with Gasteiger partial charge in [-0.3, -0.25) is 4.79 Å². The average Bonchev–Trinajstić information content (AvgIpc) is 3.29. The summed E-state index contributed by atoms with van der Waals surface area (Å²) in [4.78, 5) is 28.2. The molecule has 180 valence electrons. The Balaban J connectivity index is 1.37. The summed E-state index contributed by atoms with van der Waals surface area (Å²) < 4.78 is 10.5. The zero-order valence-corrected chi connectivity index (χ0v) is 19.5. The normalized spacial score (nSPS) is 11.6. The predicted molar refractivity (Wildman–Crippen MR) is 128 cm³/mol. The van der Waals surface area contributed by atoms with Crippen LogP contribution in [0.5, 0.6) is 5.75 Å². The number of rotatable bonds is 12. The topological polar surface area (TPSA) is 132 Å². The Morgan fingerprint density at radius 3 is 2.62 bits per heavy atom. The molecule has 1 heterocycles. The smallest absolute Gasteiger partial charge is 0.312 e. The summed E-state index contributed by atoms with van der Waals surface area (Å²) in [6, 6.07) is 14.0. The minimum atomic E-state index is -0.657. The van der Waals surface area contributed by atoms with Gasteiger partial charge in [0.15, 0.2) is 0 Å². The molecule has 0 aliphatic rings. The predicted octanol–water partition coefficient (Wildman–Crippen LogP) is 3.68. The summed E-state index contributed by atoms with van der Waals surface area (Å²) in [5, 5.41) is 9.60. The number of urea groups is 1. The number of aromatic nitrogens is 2. The molecule has 0 aliphatic carbocycles. The van der Waals surface area contributed by atoms with Gasteiger partial charge in [-0.15, -0.1) is 0 Å². The number of ether oxygens (including phenoxy) is 1. The number of primary amides is 1. The minimum absolute atomic E-state index is 0.127. The van der Waals surface area contributed by atoms with E-state index >= 15 is 0 Å². The van der Waals surface area contributed by atoms with Crippen LogP contribution in [0, 0.1) is 6.92 Å². The van der Waals surface area contributed by atoms with E-state index in [1.165, 1.54) is 0 Å². The van der Waals surface area contributed by atoms with Crippen molar-refractivity contribution in [1.29, 1.82) is 0 Å². The number of nitrogens with one attached hydrogen (secondary N) is 2. The fraction of sp³-hybridized carbons (Fsp3) is 0.360. The van der Waals surface area contributed by atoms with Gasteiger partial charge in [0.2, 0.25) is 17.6 Å². The Hall–Kier alpha value is -3.88. The molecule has 0 fully saturated rings. The number of nitrogens with zero attached hydrogens (tertiary/aromatic N) is 2. The average molecular weight is 466 g/mol. The van der Waals surface area contributed by atoms with E-state index in [0.29, 0.717) is 24.7 Å². The zero-order valence-electron chi connectivity index (χ0n) is 19.5. The molecule has 2 aromatic carbocycles. The maximum Gasteiger partial charge on any atom is 0.312 e. The highest BCUT2D eigenvalue weighted by molar-refractivity contribution is 5.78. The number of nitrogens with two attached hydrogens (primary N) is 1.